The van der Waals surface area contributed by atoms with Crippen molar-refractivity contribution < 1.29 is 9.53 Å². The summed E-state index contributed by atoms with van der Waals surface area (Å²) in [6.45, 7) is 4.55. The molecule has 1 rings (SSSR count). The molecular formula is C14H21BrN2O2. The van der Waals surface area contributed by atoms with Crippen LogP contribution in [0.5, 0.6) is 5.75 Å². The predicted molar refractivity (Wildman–Crippen MR) is 80.3 cm³/mol. The molecule has 0 fully saturated rings. The monoisotopic (exact) mass is 328 g/mol. The molecule has 1 atom stereocenters. The van der Waals surface area contributed by atoms with Gasteiger partial charge in [0.2, 0.25) is 0 Å². The molecule has 0 radical (unpaired) electrons. The molecule has 19 heavy (non-hydrogen) atoms. The number of hydrogen-bond acceptors (Lipinski definition) is 3. The molecule has 3 N–H and O–H groups in total. The number of likely N-dealkylation sites (N-methyl/N-ethyl adjacent to an activating group) is 1. The second-order valence-electron chi connectivity index (χ2n) is 4.34. The lowest BCUT2D eigenvalue weighted by Gasteiger charge is -2.15. The Hall–Kier alpha value is -1.07. The van der Waals surface area contributed by atoms with Gasteiger partial charge in [0.05, 0.1) is 4.47 Å². The van der Waals surface area contributed by atoms with Crippen LogP contribution in [0.3, 0.4) is 0 Å². The number of nitrogens with one attached hydrogen (secondary N) is 1. The van der Waals surface area contributed by atoms with Gasteiger partial charge in [-0.1, -0.05) is 19.1 Å². The lowest BCUT2D eigenvalue weighted by atomic mass is 10.0. The van der Waals surface area contributed by atoms with Gasteiger partial charge in [0.1, 0.15) is 5.75 Å². The second-order valence-corrected chi connectivity index (χ2v) is 5.20. The zero-order valence-corrected chi connectivity index (χ0v) is 13.0. The van der Waals surface area contributed by atoms with Crippen molar-refractivity contribution in [2.75, 3.05) is 13.2 Å². The molecule has 0 saturated heterocycles. The second kappa shape index (κ2) is 8.17. The minimum Gasteiger partial charge on any atom is -0.482 e. The zero-order valence-electron chi connectivity index (χ0n) is 11.4. The molecule has 1 unspecified atom stereocenters. The highest BCUT2D eigenvalue weighted by molar-refractivity contribution is 9.10. The third kappa shape index (κ3) is 5.20. The number of rotatable bonds is 7. The van der Waals surface area contributed by atoms with Crippen molar-refractivity contribution in [3.05, 3.63) is 28.2 Å². The SMILES string of the molecule is CCNC(=O)COc1c(Br)cccc1CC(N)CC. The summed E-state index contributed by atoms with van der Waals surface area (Å²) in [5, 5.41) is 2.70. The van der Waals surface area contributed by atoms with Gasteiger partial charge in [0, 0.05) is 12.6 Å². The van der Waals surface area contributed by atoms with E-state index < -0.39 is 0 Å². The molecule has 0 aliphatic rings. The highest BCUT2D eigenvalue weighted by atomic mass is 79.9. The molecule has 0 aromatic heterocycles. The summed E-state index contributed by atoms with van der Waals surface area (Å²) in [6, 6.07) is 5.92. The highest BCUT2D eigenvalue weighted by Gasteiger charge is 2.12. The average molecular weight is 329 g/mol. The van der Waals surface area contributed by atoms with E-state index in [0.717, 1.165) is 22.9 Å². The molecule has 1 aromatic carbocycles. The van der Waals surface area contributed by atoms with Crippen LogP contribution in [0.2, 0.25) is 0 Å². The van der Waals surface area contributed by atoms with Gasteiger partial charge in [-0.2, -0.15) is 0 Å². The maximum absolute atomic E-state index is 11.4. The minimum absolute atomic E-state index is 0.0187. The number of ether oxygens (including phenoxy) is 1. The molecule has 1 amide bonds. The van der Waals surface area contributed by atoms with Gasteiger partial charge in [-0.25, -0.2) is 0 Å². The van der Waals surface area contributed by atoms with E-state index in [1.807, 2.05) is 25.1 Å². The molecule has 106 valence electrons. The number of hydrogen-bond donors (Lipinski definition) is 2. The van der Waals surface area contributed by atoms with Crippen LogP contribution in [0.1, 0.15) is 25.8 Å². The van der Waals surface area contributed by atoms with Gasteiger partial charge in [0.15, 0.2) is 6.61 Å². The Labute approximate surface area is 122 Å². The molecule has 4 nitrogen and oxygen atoms in total. The Morgan fingerprint density at radius 2 is 2.21 bits per heavy atom. The van der Waals surface area contributed by atoms with Crippen LogP contribution < -0.4 is 15.8 Å². The van der Waals surface area contributed by atoms with Gasteiger partial charge >= 0.3 is 0 Å². The summed E-state index contributed by atoms with van der Waals surface area (Å²) in [5.74, 6) is 0.585. The highest BCUT2D eigenvalue weighted by Crippen LogP contribution is 2.30. The van der Waals surface area contributed by atoms with Crippen LogP contribution in [-0.4, -0.2) is 25.1 Å². The summed E-state index contributed by atoms with van der Waals surface area (Å²) in [4.78, 5) is 11.4. The average Bonchev–Trinajstić information content (AvgIpc) is 2.38. The molecule has 0 heterocycles. The van der Waals surface area contributed by atoms with Crippen LogP contribution in [0, 0.1) is 0 Å². The van der Waals surface area contributed by atoms with Crippen LogP contribution in [0.25, 0.3) is 0 Å². The van der Waals surface area contributed by atoms with Crippen LogP contribution in [-0.2, 0) is 11.2 Å². The topological polar surface area (TPSA) is 64.3 Å². The first-order valence-electron chi connectivity index (χ1n) is 6.50. The molecule has 0 bridgehead atoms. The van der Waals surface area contributed by atoms with E-state index in [2.05, 4.69) is 28.2 Å². The summed E-state index contributed by atoms with van der Waals surface area (Å²) in [7, 11) is 0. The standard InChI is InChI=1S/C14H21BrN2O2/c1-3-11(16)8-10-6-5-7-12(15)14(10)19-9-13(18)17-4-2/h5-7,11H,3-4,8-9,16H2,1-2H3,(H,17,18). The first-order valence-corrected chi connectivity index (χ1v) is 7.30. The third-order valence-corrected chi connectivity index (χ3v) is 3.40. The molecular weight excluding hydrogens is 308 g/mol. The Balaban J connectivity index is 2.77. The third-order valence-electron chi connectivity index (χ3n) is 2.78. The Morgan fingerprint density at radius 1 is 1.47 bits per heavy atom. The van der Waals surface area contributed by atoms with Crippen LogP contribution in [0.15, 0.2) is 22.7 Å². The maximum Gasteiger partial charge on any atom is 0.257 e. The lowest BCUT2D eigenvalue weighted by molar-refractivity contribution is -0.123. The molecule has 0 aliphatic heterocycles. The van der Waals surface area contributed by atoms with Crippen molar-refractivity contribution >= 4 is 21.8 Å². The normalized spacial score (nSPS) is 12.0. The van der Waals surface area contributed by atoms with Gasteiger partial charge in [0.25, 0.3) is 5.91 Å². The lowest BCUT2D eigenvalue weighted by Crippen LogP contribution is -2.29. The summed E-state index contributed by atoms with van der Waals surface area (Å²) in [5.41, 5.74) is 7.00. The zero-order chi connectivity index (χ0) is 14.3. The van der Waals surface area contributed by atoms with Crippen LogP contribution >= 0.6 is 15.9 Å². The number of carbonyl (C=O) groups excluding carboxylic acids is 1. The fourth-order valence-corrected chi connectivity index (χ4v) is 2.21. The Kier molecular flexibility index (Phi) is 6.87. The first-order chi connectivity index (χ1) is 9.08. The first kappa shape index (κ1) is 16.0. The Morgan fingerprint density at radius 3 is 2.84 bits per heavy atom. The van der Waals surface area contributed by atoms with E-state index in [9.17, 15) is 4.79 Å². The largest absolute Gasteiger partial charge is 0.482 e. The molecule has 0 aliphatic carbocycles. The van der Waals surface area contributed by atoms with E-state index in [1.54, 1.807) is 0 Å². The number of carbonyl (C=O) groups is 1. The van der Waals surface area contributed by atoms with E-state index in [4.69, 9.17) is 10.5 Å². The van der Waals surface area contributed by atoms with Crippen molar-refractivity contribution in [1.29, 1.82) is 0 Å². The van der Waals surface area contributed by atoms with Gasteiger partial charge in [-0.3, -0.25) is 4.79 Å². The molecule has 0 saturated carbocycles. The minimum atomic E-state index is -0.121. The van der Waals surface area contributed by atoms with E-state index in [1.165, 1.54) is 0 Å². The number of benzene rings is 1. The fourth-order valence-electron chi connectivity index (χ4n) is 1.69. The quantitative estimate of drug-likeness (QED) is 0.806. The summed E-state index contributed by atoms with van der Waals surface area (Å²) in [6.07, 6.45) is 1.64. The maximum atomic E-state index is 11.4. The van der Waals surface area contributed by atoms with Crippen molar-refractivity contribution in [1.82, 2.24) is 5.32 Å². The van der Waals surface area contributed by atoms with E-state index >= 15 is 0 Å². The van der Waals surface area contributed by atoms with Crippen molar-refractivity contribution in [3.63, 3.8) is 0 Å². The van der Waals surface area contributed by atoms with E-state index in [0.29, 0.717) is 12.3 Å². The number of nitrogens with two attached hydrogens (primary N) is 1. The molecule has 5 heteroatoms. The smallest absolute Gasteiger partial charge is 0.257 e. The van der Waals surface area contributed by atoms with E-state index in [-0.39, 0.29) is 18.6 Å². The van der Waals surface area contributed by atoms with Crippen molar-refractivity contribution in [2.45, 2.75) is 32.7 Å². The van der Waals surface area contributed by atoms with Crippen molar-refractivity contribution in [3.8, 4) is 5.75 Å². The number of halogens is 1. The summed E-state index contributed by atoms with van der Waals surface area (Å²) < 4.78 is 6.46. The van der Waals surface area contributed by atoms with Gasteiger partial charge in [-0.05, 0) is 47.3 Å². The molecule has 0 spiro atoms. The summed E-state index contributed by atoms with van der Waals surface area (Å²) >= 11 is 3.45. The Bertz CT molecular complexity index is 424. The molecule has 1 aromatic rings. The van der Waals surface area contributed by atoms with Gasteiger partial charge < -0.3 is 15.8 Å². The fraction of sp³-hybridized carbons (Fsp3) is 0.500. The van der Waals surface area contributed by atoms with Crippen LogP contribution in [0.4, 0.5) is 0 Å². The number of amides is 1. The van der Waals surface area contributed by atoms with Crippen molar-refractivity contribution in [2.24, 2.45) is 5.73 Å². The van der Waals surface area contributed by atoms with Gasteiger partial charge in [-0.15, -0.1) is 0 Å². The predicted octanol–water partition coefficient (Wildman–Crippen LogP) is 2.24. The number of para-hydroxylation sites is 1.